The maximum atomic E-state index is 11.9. The van der Waals surface area contributed by atoms with E-state index in [0.717, 1.165) is 34.2 Å². The lowest BCUT2D eigenvalue weighted by Gasteiger charge is -2.18. The number of anilines is 2. The Hall–Kier alpha value is -1.68. The van der Waals surface area contributed by atoms with E-state index in [1.54, 1.807) is 0 Å². The molecule has 0 radical (unpaired) electrons. The van der Waals surface area contributed by atoms with Crippen LogP contribution >= 0.6 is 11.3 Å². The van der Waals surface area contributed by atoms with Crippen LogP contribution < -0.4 is 4.90 Å². The first-order chi connectivity index (χ1) is 9.56. The molecular formula is C16H18N2OS. The quantitative estimate of drug-likeness (QED) is 0.835. The van der Waals surface area contributed by atoms with Gasteiger partial charge in [0.1, 0.15) is 0 Å². The van der Waals surface area contributed by atoms with Crippen LogP contribution in [-0.4, -0.2) is 17.8 Å². The van der Waals surface area contributed by atoms with Crippen LogP contribution in [0.4, 0.5) is 10.8 Å². The van der Waals surface area contributed by atoms with Gasteiger partial charge in [-0.2, -0.15) is 0 Å². The van der Waals surface area contributed by atoms with Gasteiger partial charge < -0.3 is 4.90 Å². The maximum Gasteiger partial charge on any atom is 0.190 e. The summed E-state index contributed by atoms with van der Waals surface area (Å²) in [4.78, 5) is 19.5. The first kappa shape index (κ1) is 13.3. The number of Topliss-reactive ketones (excluding diaryl/α,β-unsaturated/α-hetero) is 1. The smallest absolute Gasteiger partial charge is 0.190 e. The molecule has 104 valence electrons. The van der Waals surface area contributed by atoms with Gasteiger partial charge in [-0.15, -0.1) is 0 Å². The van der Waals surface area contributed by atoms with Crippen LogP contribution in [0.5, 0.6) is 0 Å². The molecule has 0 unspecified atom stereocenters. The van der Waals surface area contributed by atoms with Crippen molar-refractivity contribution < 1.29 is 4.79 Å². The average Bonchev–Trinajstić information content (AvgIpc) is 2.83. The minimum Gasteiger partial charge on any atom is -0.321 e. The van der Waals surface area contributed by atoms with Crippen LogP contribution in [0.15, 0.2) is 18.2 Å². The fourth-order valence-electron chi connectivity index (χ4n) is 2.68. The summed E-state index contributed by atoms with van der Waals surface area (Å²) in [5, 5.41) is 0.914. The highest BCUT2D eigenvalue weighted by atomic mass is 32.1. The Balaban J connectivity index is 1.98. The highest BCUT2D eigenvalue weighted by molar-refractivity contribution is 7.17. The largest absolute Gasteiger partial charge is 0.321 e. The van der Waals surface area contributed by atoms with Gasteiger partial charge >= 0.3 is 0 Å². The summed E-state index contributed by atoms with van der Waals surface area (Å²) in [6.07, 6.45) is 2.53. The number of carbonyl (C=O) groups excluding carboxylic acids is 1. The van der Waals surface area contributed by atoms with Crippen molar-refractivity contribution >= 4 is 27.9 Å². The van der Waals surface area contributed by atoms with E-state index in [9.17, 15) is 4.79 Å². The van der Waals surface area contributed by atoms with Crippen molar-refractivity contribution in [2.75, 3.05) is 11.9 Å². The topological polar surface area (TPSA) is 33.2 Å². The Bertz CT molecular complexity index is 675. The number of fused-ring (bicyclic) bond motifs is 1. The van der Waals surface area contributed by atoms with Crippen molar-refractivity contribution in [1.82, 2.24) is 4.98 Å². The zero-order valence-electron chi connectivity index (χ0n) is 12.1. The van der Waals surface area contributed by atoms with Crippen molar-refractivity contribution in [1.29, 1.82) is 0 Å². The predicted octanol–water partition coefficient (Wildman–Crippen LogP) is 4.05. The Morgan fingerprint density at radius 3 is 2.75 bits per heavy atom. The van der Waals surface area contributed by atoms with Gasteiger partial charge in [-0.3, -0.25) is 4.79 Å². The molecule has 0 saturated heterocycles. The number of thiazole rings is 1. The molecule has 0 spiro atoms. The molecule has 0 atom stereocenters. The molecular weight excluding hydrogens is 268 g/mol. The van der Waals surface area contributed by atoms with E-state index in [4.69, 9.17) is 0 Å². The van der Waals surface area contributed by atoms with Gasteiger partial charge in [0.2, 0.25) is 0 Å². The van der Waals surface area contributed by atoms with Crippen molar-refractivity contribution in [2.24, 2.45) is 0 Å². The van der Waals surface area contributed by atoms with Gasteiger partial charge in [-0.25, -0.2) is 4.98 Å². The highest BCUT2D eigenvalue weighted by Crippen LogP contribution is 2.35. The zero-order chi connectivity index (χ0) is 14.3. The van der Waals surface area contributed by atoms with Crippen molar-refractivity contribution in [3.8, 4) is 0 Å². The number of rotatable bonds is 2. The van der Waals surface area contributed by atoms with Crippen LogP contribution in [0.1, 0.15) is 39.3 Å². The van der Waals surface area contributed by atoms with Crippen molar-refractivity contribution in [3.63, 3.8) is 0 Å². The Kier molecular flexibility index (Phi) is 3.34. The third-order valence-corrected chi connectivity index (χ3v) is 4.97. The van der Waals surface area contributed by atoms with E-state index in [0.29, 0.717) is 6.42 Å². The third-order valence-electron chi connectivity index (χ3n) is 3.76. The SMILES string of the molecule is Cc1ccc(N(C)c2nc3c(s2)C(=O)CCC3)c(C)c1. The monoisotopic (exact) mass is 286 g/mol. The second-order valence-electron chi connectivity index (χ2n) is 5.40. The summed E-state index contributed by atoms with van der Waals surface area (Å²) in [5.74, 6) is 0.254. The van der Waals surface area contributed by atoms with Crippen molar-refractivity contribution in [3.05, 3.63) is 39.9 Å². The van der Waals surface area contributed by atoms with Crippen LogP contribution in [0.3, 0.4) is 0 Å². The minimum atomic E-state index is 0.254. The second kappa shape index (κ2) is 5.02. The number of benzene rings is 1. The summed E-state index contributed by atoms with van der Waals surface area (Å²) < 4.78 is 0. The van der Waals surface area contributed by atoms with Crippen LogP contribution in [0.2, 0.25) is 0 Å². The normalized spacial score (nSPS) is 14.2. The fourth-order valence-corrected chi connectivity index (χ4v) is 3.74. The first-order valence-electron chi connectivity index (χ1n) is 6.90. The van der Waals surface area contributed by atoms with Gasteiger partial charge in [-0.1, -0.05) is 29.0 Å². The molecule has 1 aliphatic rings. The van der Waals surface area contributed by atoms with E-state index in [1.807, 2.05) is 7.05 Å². The molecule has 0 saturated carbocycles. The number of nitrogens with zero attached hydrogens (tertiary/aromatic N) is 2. The number of ketones is 1. The number of hydrogen-bond acceptors (Lipinski definition) is 4. The predicted molar refractivity (Wildman–Crippen MR) is 83.4 cm³/mol. The first-order valence-corrected chi connectivity index (χ1v) is 7.72. The molecule has 3 nitrogen and oxygen atoms in total. The number of aryl methyl sites for hydroxylation is 3. The van der Waals surface area contributed by atoms with Crippen molar-refractivity contribution in [2.45, 2.75) is 33.1 Å². The van der Waals surface area contributed by atoms with Crippen LogP contribution in [0, 0.1) is 13.8 Å². The summed E-state index contributed by atoms with van der Waals surface area (Å²) in [6, 6.07) is 6.40. The molecule has 0 amide bonds. The number of carbonyl (C=O) groups is 1. The zero-order valence-corrected chi connectivity index (χ0v) is 12.9. The number of aromatic nitrogens is 1. The fraction of sp³-hybridized carbons (Fsp3) is 0.375. The van der Waals surface area contributed by atoms with Gasteiger partial charge in [0.25, 0.3) is 0 Å². The van der Waals surface area contributed by atoms with Crippen LogP contribution in [-0.2, 0) is 6.42 Å². The van der Waals surface area contributed by atoms with Gasteiger partial charge in [0.05, 0.1) is 10.6 Å². The minimum absolute atomic E-state index is 0.254. The molecule has 2 aromatic rings. The van der Waals surface area contributed by atoms with E-state index in [-0.39, 0.29) is 5.78 Å². The van der Waals surface area contributed by atoms with E-state index in [2.05, 4.69) is 41.9 Å². The summed E-state index contributed by atoms with van der Waals surface area (Å²) in [5.41, 5.74) is 4.62. The van der Waals surface area contributed by atoms with Crippen LogP contribution in [0.25, 0.3) is 0 Å². The molecule has 0 bridgehead atoms. The lowest BCUT2D eigenvalue weighted by Crippen LogP contribution is -2.11. The summed E-state index contributed by atoms with van der Waals surface area (Å²) in [6.45, 7) is 4.20. The van der Waals surface area contributed by atoms with E-state index < -0.39 is 0 Å². The van der Waals surface area contributed by atoms with E-state index >= 15 is 0 Å². The lowest BCUT2D eigenvalue weighted by atomic mass is 10.0. The standard InChI is InChI=1S/C16H18N2OS/c1-10-7-8-13(11(2)9-10)18(3)16-17-12-5-4-6-14(19)15(12)20-16/h7-9H,4-6H2,1-3H3. The molecule has 1 aliphatic carbocycles. The summed E-state index contributed by atoms with van der Waals surface area (Å²) >= 11 is 1.52. The Morgan fingerprint density at radius 2 is 2.05 bits per heavy atom. The van der Waals surface area contributed by atoms with Gasteiger partial charge in [0.15, 0.2) is 10.9 Å². The maximum absolute atomic E-state index is 11.9. The summed E-state index contributed by atoms with van der Waals surface area (Å²) in [7, 11) is 2.02. The second-order valence-corrected chi connectivity index (χ2v) is 6.38. The van der Waals surface area contributed by atoms with Gasteiger partial charge in [0, 0.05) is 19.2 Å². The molecule has 3 rings (SSSR count). The molecule has 4 heteroatoms. The average molecular weight is 286 g/mol. The molecule has 0 fully saturated rings. The molecule has 1 aromatic carbocycles. The third kappa shape index (κ3) is 2.24. The van der Waals surface area contributed by atoms with E-state index in [1.165, 1.54) is 22.5 Å². The molecule has 20 heavy (non-hydrogen) atoms. The number of hydrogen-bond donors (Lipinski definition) is 0. The van der Waals surface area contributed by atoms with Gasteiger partial charge in [-0.05, 0) is 38.3 Å². The Morgan fingerprint density at radius 1 is 1.25 bits per heavy atom. The molecule has 0 aliphatic heterocycles. The molecule has 1 heterocycles. The lowest BCUT2D eigenvalue weighted by molar-refractivity contribution is 0.0976. The Labute approximate surface area is 123 Å². The molecule has 1 aromatic heterocycles. The molecule has 0 N–H and O–H groups in total. The highest BCUT2D eigenvalue weighted by Gasteiger charge is 2.23.